The molecule has 2 heterocycles. The molecule has 1 saturated heterocycles. The van der Waals surface area contributed by atoms with E-state index in [1.807, 2.05) is 48.5 Å². The Morgan fingerprint density at radius 2 is 1.70 bits per heavy atom. The third-order valence-electron chi connectivity index (χ3n) is 4.95. The van der Waals surface area contributed by atoms with E-state index >= 15 is 0 Å². The Kier molecular flexibility index (Phi) is 5.15. The molecule has 1 aliphatic rings. The first-order valence-electron chi connectivity index (χ1n) is 9.44. The van der Waals surface area contributed by atoms with Crippen molar-refractivity contribution in [2.45, 2.75) is 19.3 Å². The van der Waals surface area contributed by atoms with Gasteiger partial charge in [0.25, 0.3) is 5.91 Å². The lowest BCUT2D eigenvalue weighted by Crippen LogP contribution is -2.20. The first-order chi connectivity index (χ1) is 13.3. The van der Waals surface area contributed by atoms with Crippen LogP contribution in [-0.2, 0) is 6.42 Å². The number of hydrogen-bond donors (Lipinski definition) is 1. The van der Waals surface area contributed by atoms with Gasteiger partial charge >= 0.3 is 0 Å². The van der Waals surface area contributed by atoms with Crippen LogP contribution in [-0.4, -0.2) is 24.0 Å². The van der Waals surface area contributed by atoms with Crippen molar-refractivity contribution in [2.24, 2.45) is 0 Å². The number of pyridine rings is 1. The van der Waals surface area contributed by atoms with Crippen molar-refractivity contribution in [3.8, 4) is 0 Å². The largest absolute Gasteiger partial charge is 0.371 e. The molecule has 2 aromatic carbocycles. The van der Waals surface area contributed by atoms with Crippen LogP contribution >= 0.6 is 0 Å². The average molecular weight is 357 g/mol. The molecule has 0 bridgehead atoms. The lowest BCUT2D eigenvalue weighted by Gasteiger charge is -2.18. The quantitative estimate of drug-likeness (QED) is 0.730. The van der Waals surface area contributed by atoms with Crippen LogP contribution in [0.4, 0.5) is 11.4 Å². The molecular weight excluding hydrogens is 334 g/mol. The number of anilines is 2. The van der Waals surface area contributed by atoms with Crippen LogP contribution in [0.15, 0.2) is 72.9 Å². The predicted molar refractivity (Wildman–Crippen MR) is 109 cm³/mol. The summed E-state index contributed by atoms with van der Waals surface area (Å²) < 4.78 is 0. The number of nitrogens with zero attached hydrogens (tertiary/aromatic N) is 2. The second kappa shape index (κ2) is 8.04. The molecule has 3 aromatic rings. The van der Waals surface area contributed by atoms with Crippen LogP contribution in [0.1, 0.15) is 34.5 Å². The smallest absolute Gasteiger partial charge is 0.274 e. The summed E-state index contributed by atoms with van der Waals surface area (Å²) in [4.78, 5) is 19.4. The number of benzene rings is 2. The fourth-order valence-electron chi connectivity index (χ4n) is 3.51. The highest BCUT2D eigenvalue weighted by atomic mass is 16.1. The number of carbonyl (C=O) groups is 1. The summed E-state index contributed by atoms with van der Waals surface area (Å²) in [6, 6.07) is 22.1. The molecule has 4 nitrogen and oxygen atoms in total. The maximum absolute atomic E-state index is 12.8. The molecule has 1 aliphatic heterocycles. The van der Waals surface area contributed by atoms with Crippen molar-refractivity contribution >= 4 is 17.3 Å². The minimum absolute atomic E-state index is 0.170. The highest BCUT2D eigenvalue weighted by Gasteiger charge is 2.16. The topological polar surface area (TPSA) is 45.2 Å². The van der Waals surface area contributed by atoms with Gasteiger partial charge < -0.3 is 10.2 Å². The van der Waals surface area contributed by atoms with Crippen molar-refractivity contribution < 1.29 is 4.79 Å². The SMILES string of the molecule is O=C(Nc1ccccc1Cc1ccccc1)c1cc(N2CCCC2)ccn1. The maximum Gasteiger partial charge on any atom is 0.274 e. The Morgan fingerprint density at radius 1 is 0.963 bits per heavy atom. The van der Waals surface area contributed by atoms with Crippen LogP contribution in [0, 0.1) is 0 Å². The van der Waals surface area contributed by atoms with Gasteiger partial charge in [0.2, 0.25) is 0 Å². The van der Waals surface area contributed by atoms with Gasteiger partial charge in [-0.2, -0.15) is 0 Å². The van der Waals surface area contributed by atoms with Crippen LogP contribution in [0.2, 0.25) is 0 Å². The Balaban J connectivity index is 1.52. The molecule has 0 radical (unpaired) electrons. The lowest BCUT2D eigenvalue weighted by atomic mass is 10.0. The molecule has 0 spiro atoms. The van der Waals surface area contributed by atoms with E-state index in [9.17, 15) is 4.79 Å². The number of aromatic nitrogens is 1. The normalized spacial score (nSPS) is 13.6. The van der Waals surface area contributed by atoms with Gasteiger partial charge in [-0.05, 0) is 48.6 Å². The molecule has 1 N–H and O–H groups in total. The minimum Gasteiger partial charge on any atom is -0.371 e. The Bertz CT molecular complexity index is 918. The van der Waals surface area contributed by atoms with E-state index in [1.165, 1.54) is 18.4 Å². The molecule has 27 heavy (non-hydrogen) atoms. The van der Waals surface area contributed by atoms with E-state index in [-0.39, 0.29) is 5.91 Å². The van der Waals surface area contributed by atoms with Crippen molar-refractivity contribution in [3.63, 3.8) is 0 Å². The molecule has 0 aliphatic carbocycles. The highest BCUT2D eigenvalue weighted by molar-refractivity contribution is 6.03. The summed E-state index contributed by atoms with van der Waals surface area (Å²) in [5.41, 5.74) is 4.67. The van der Waals surface area contributed by atoms with Gasteiger partial charge in [0.1, 0.15) is 5.69 Å². The number of para-hydroxylation sites is 1. The standard InChI is InChI=1S/C23H23N3O/c27-23(22-17-20(12-13-24-22)26-14-6-7-15-26)25-21-11-5-4-10-19(21)16-18-8-2-1-3-9-18/h1-5,8-13,17H,6-7,14-16H2,(H,25,27). The van der Waals surface area contributed by atoms with Gasteiger partial charge in [0.15, 0.2) is 0 Å². The summed E-state index contributed by atoms with van der Waals surface area (Å²) in [6.07, 6.45) is 4.91. The van der Waals surface area contributed by atoms with E-state index in [0.29, 0.717) is 5.69 Å². The summed E-state index contributed by atoms with van der Waals surface area (Å²) in [5, 5.41) is 3.04. The van der Waals surface area contributed by atoms with E-state index in [1.54, 1.807) is 6.20 Å². The van der Waals surface area contributed by atoms with E-state index in [4.69, 9.17) is 0 Å². The Morgan fingerprint density at radius 3 is 2.52 bits per heavy atom. The molecule has 0 saturated carbocycles. The third-order valence-corrected chi connectivity index (χ3v) is 4.95. The van der Waals surface area contributed by atoms with Crippen LogP contribution < -0.4 is 10.2 Å². The van der Waals surface area contributed by atoms with Crippen molar-refractivity contribution in [3.05, 3.63) is 89.7 Å². The van der Waals surface area contributed by atoms with Gasteiger partial charge in [-0.25, -0.2) is 0 Å². The highest BCUT2D eigenvalue weighted by Crippen LogP contribution is 2.22. The number of carbonyl (C=O) groups excluding carboxylic acids is 1. The molecular formula is C23H23N3O. The van der Waals surface area contributed by atoms with Crippen molar-refractivity contribution in [1.82, 2.24) is 4.98 Å². The number of rotatable bonds is 5. The van der Waals surface area contributed by atoms with E-state index < -0.39 is 0 Å². The molecule has 4 heteroatoms. The van der Waals surface area contributed by atoms with Gasteiger partial charge in [0, 0.05) is 30.7 Å². The Labute approximate surface area is 159 Å². The van der Waals surface area contributed by atoms with Crippen LogP contribution in [0.25, 0.3) is 0 Å². The fourth-order valence-corrected chi connectivity index (χ4v) is 3.51. The first kappa shape index (κ1) is 17.3. The molecule has 1 amide bonds. The van der Waals surface area contributed by atoms with Crippen LogP contribution in [0.5, 0.6) is 0 Å². The monoisotopic (exact) mass is 357 g/mol. The number of amides is 1. The van der Waals surface area contributed by atoms with Gasteiger partial charge in [0.05, 0.1) is 0 Å². The molecule has 136 valence electrons. The van der Waals surface area contributed by atoms with Crippen LogP contribution in [0.3, 0.4) is 0 Å². The summed E-state index contributed by atoms with van der Waals surface area (Å²) in [7, 11) is 0. The predicted octanol–water partition coefficient (Wildman–Crippen LogP) is 4.52. The third kappa shape index (κ3) is 4.17. The molecule has 4 rings (SSSR count). The van der Waals surface area contributed by atoms with Gasteiger partial charge in [-0.15, -0.1) is 0 Å². The average Bonchev–Trinajstić information content (AvgIpc) is 3.25. The summed E-state index contributed by atoms with van der Waals surface area (Å²) in [5.74, 6) is -0.170. The zero-order chi connectivity index (χ0) is 18.5. The summed E-state index contributed by atoms with van der Waals surface area (Å²) in [6.45, 7) is 2.09. The number of nitrogens with one attached hydrogen (secondary N) is 1. The second-order valence-electron chi connectivity index (χ2n) is 6.87. The number of hydrogen-bond acceptors (Lipinski definition) is 3. The van der Waals surface area contributed by atoms with Gasteiger partial charge in [-0.3, -0.25) is 9.78 Å². The van der Waals surface area contributed by atoms with Gasteiger partial charge in [-0.1, -0.05) is 48.5 Å². The minimum atomic E-state index is -0.170. The van der Waals surface area contributed by atoms with E-state index in [2.05, 4.69) is 33.4 Å². The fraction of sp³-hybridized carbons (Fsp3) is 0.217. The Hall–Kier alpha value is -3.14. The molecule has 0 atom stereocenters. The maximum atomic E-state index is 12.8. The van der Waals surface area contributed by atoms with E-state index in [0.717, 1.165) is 36.4 Å². The zero-order valence-electron chi connectivity index (χ0n) is 15.3. The first-order valence-corrected chi connectivity index (χ1v) is 9.44. The molecule has 1 aromatic heterocycles. The van der Waals surface area contributed by atoms with Crippen molar-refractivity contribution in [1.29, 1.82) is 0 Å². The summed E-state index contributed by atoms with van der Waals surface area (Å²) >= 11 is 0. The molecule has 0 unspecified atom stereocenters. The molecule has 1 fully saturated rings. The lowest BCUT2D eigenvalue weighted by molar-refractivity contribution is 0.102. The van der Waals surface area contributed by atoms with Crippen molar-refractivity contribution in [2.75, 3.05) is 23.3 Å². The second-order valence-corrected chi connectivity index (χ2v) is 6.87. The zero-order valence-corrected chi connectivity index (χ0v) is 15.3.